The van der Waals surface area contributed by atoms with Crippen LogP contribution in [0.4, 0.5) is 18.9 Å². The van der Waals surface area contributed by atoms with E-state index in [-0.39, 0.29) is 17.9 Å². The normalized spacial score (nSPS) is 13.6. The van der Waals surface area contributed by atoms with E-state index in [0.717, 1.165) is 0 Å². The van der Waals surface area contributed by atoms with Gasteiger partial charge in [0.2, 0.25) is 0 Å². The molecule has 0 aliphatic heterocycles. The van der Waals surface area contributed by atoms with Crippen LogP contribution in [0.15, 0.2) is 23.1 Å². The molecule has 0 aliphatic carbocycles. The number of nitrogens with two attached hydrogens (primary N) is 1. The van der Waals surface area contributed by atoms with E-state index in [4.69, 9.17) is 17.3 Å². The zero-order chi connectivity index (χ0) is 13.1. The highest BCUT2D eigenvalue weighted by Crippen LogP contribution is 2.24. The second-order valence-electron chi connectivity index (χ2n) is 3.45. The lowest BCUT2D eigenvalue weighted by molar-refractivity contribution is -0.134. The van der Waals surface area contributed by atoms with E-state index in [1.54, 1.807) is 0 Å². The third-order valence-corrected chi connectivity index (χ3v) is 3.76. The lowest BCUT2D eigenvalue weighted by Crippen LogP contribution is -2.10. The highest BCUT2D eigenvalue weighted by Gasteiger charge is 2.26. The van der Waals surface area contributed by atoms with E-state index >= 15 is 0 Å². The van der Waals surface area contributed by atoms with Gasteiger partial charge in [0.15, 0.2) is 0 Å². The van der Waals surface area contributed by atoms with Crippen LogP contribution in [0.3, 0.4) is 0 Å². The van der Waals surface area contributed by atoms with E-state index in [1.165, 1.54) is 18.2 Å². The summed E-state index contributed by atoms with van der Waals surface area (Å²) < 4.78 is 47.4. The van der Waals surface area contributed by atoms with Crippen LogP contribution < -0.4 is 5.73 Å². The smallest absolute Gasteiger partial charge is 0.389 e. The van der Waals surface area contributed by atoms with Crippen LogP contribution in [0.25, 0.3) is 0 Å². The molecule has 1 unspecified atom stereocenters. The van der Waals surface area contributed by atoms with Crippen LogP contribution in [0.5, 0.6) is 0 Å². The minimum Gasteiger partial charge on any atom is -0.398 e. The Labute approximate surface area is 104 Å². The number of halogens is 4. The number of rotatable bonds is 4. The van der Waals surface area contributed by atoms with Gasteiger partial charge in [-0.1, -0.05) is 11.6 Å². The summed E-state index contributed by atoms with van der Waals surface area (Å²) in [4.78, 5) is 0.330. The number of nitrogen functional groups attached to an aromatic ring is 1. The molecule has 1 rings (SSSR count). The van der Waals surface area contributed by atoms with Gasteiger partial charge in [0, 0.05) is 22.9 Å². The van der Waals surface area contributed by atoms with Crippen molar-refractivity contribution in [3.63, 3.8) is 0 Å². The lowest BCUT2D eigenvalue weighted by atomic mass is 10.3. The van der Waals surface area contributed by atoms with Gasteiger partial charge in [0.05, 0.1) is 15.7 Å². The summed E-state index contributed by atoms with van der Waals surface area (Å²) in [6, 6.07) is 4.41. The summed E-state index contributed by atoms with van der Waals surface area (Å²) in [6.45, 7) is 0. The maximum atomic E-state index is 11.9. The van der Waals surface area contributed by atoms with Gasteiger partial charge in [-0.2, -0.15) is 13.2 Å². The Morgan fingerprint density at radius 3 is 2.53 bits per heavy atom. The Hall–Kier alpha value is -0.750. The average Bonchev–Trinajstić information content (AvgIpc) is 2.15. The van der Waals surface area contributed by atoms with Crippen LogP contribution in [0.2, 0.25) is 5.02 Å². The number of hydrogen-bond acceptors (Lipinski definition) is 2. The maximum absolute atomic E-state index is 11.9. The molecule has 1 aromatic carbocycles. The zero-order valence-corrected chi connectivity index (χ0v) is 10.3. The summed E-state index contributed by atoms with van der Waals surface area (Å²) in [5.74, 6) is -0.0641. The van der Waals surface area contributed by atoms with Crippen LogP contribution in [0, 0.1) is 0 Å². The number of benzene rings is 1. The predicted molar refractivity (Wildman–Crippen MR) is 62.4 cm³/mol. The Kier molecular flexibility index (Phi) is 4.82. The van der Waals surface area contributed by atoms with E-state index < -0.39 is 23.4 Å². The van der Waals surface area contributed by atoms with Crippen LogP contribution in [0.1, 0.15) is 12.8 Å². The van der Waals surface area contributed by atoms with Gasteiger partial charge in [0.1, 0.15) is 0 Å². The minimum atomic E-state index is -4.21. The molecular formula is C10H11ClF3NOS. The van der Waals surface area contributed by atoms with E-state index in [2.05, 4.69) is 0 Å². The first-order valence-electron chi connectivity index (χ1n) is 4.80. The van der Waals surface area contributed by atoms with Crippen LogP contribution in [-0.2, 0) is 10.8 Å². The van der Waals surface area contributed by atoms with Crippen LogP contribution >= 0.6 is 11.6 Å². The van der Waals surface area contributed by atoms with Crippen molar-refractivity contribution < 1.29 is 17.4 Å². The Morgan fingerprint density at radius 2 is 2.00 bits per heavy atom. The monoisotopic (exact) mass is 285 g/mol. The molecule has 1 atom stereocenters. The molecule has 17 heavy (non-hydrogen) atoms. The molecular weight excluding hydrogens is 275 g/mol. The molecule has 0 bridgehead atoms. The third kappa shape index (κ3) is 4.95. The SMILES string of the molecule is Nc1cc(Cl)ccc1S(=O)CCCC(F)(F)F. The van der Waals surface area contributed by atoms with Gasteiger partial charge in [-0.05, 0) is 24.6 Å². The van der Waals surface area contributed by atoms with E-state index in [9.17, 15) is 17.4 Å². The van der Waals surface area contributed by atoms with Crippen molar-refractivity contribution in [3.05, 3.63) is 23.2 Å². The van der Waals surface area contributed by atoms with Crippen molar-refractivity contribution in [1.29, 1.82) is 0 Å². The van der Waals surface area contributed by atoms with Gasteiger partial charge in [-0.15, -0.1) is 0 Å². The van der Waals surface area contributed by atoms with Gasteiger partial charge < -0.3 is 5.73 Å². The third-order valence-electron chi connectivity index (χ3n) is 2.01. The molecule has 96 valence electrons. The fraction of sp³-hybridized carbons (Fsp3) is 0.400. The summed E-state index contributed by atoms with van der Waals surface area (Å²) in [7, 11) is -1.52. The second-order valence-corrected chi connectivity index (χ2v) is 5.43. The summed E-state index contributed by atoms with van der Waals surface area (Å²) in [5, 5.41) is 0.401. The van der Waals surface area contributed by atoms with Crippen molar-refractivity contribution in [2.75, 3.05) is 11.5 Å². The molecule has 0 fully saturated rings. The molecule has 0 spiro atoms. The molecule has 0 aliphatic rings. The standard InChI is InChI=1S/C10H11ClF3NOS/c11-7-2-3-9(8(15)6-7)17(16)5-1-4-10(12,13)14/h2-3,6H,1,4-5,15H2. The first kappa shape index (κ1) is 14.3. The van der Waals surface area contributed by atoms with Crippen molar-refractivity contribution in [3.8, 4) is 0 Å². The zero-order valence-electron chi connectivity index (χ0n) is 8.76. The first-order chi connectivity index (χ1) is 7.79. The minimum absolute atomic E-state index is 0.0641. The average molecular weight is 286 g/mol. The van der Waals surface area contributed by atoms with Gasteiger partial charge >= 0.3 is 6.18 Å². The Morgan fingerprint density at radius 1 is 1.35 bits per heavy atom. The van der Waals surface area contributed by atoms with Gasteiger partial charge in [-0.25, -0.2) is 0 Å². The fourth-order valence-corrected chi connectivity index (χ4v) is 2.59. The first-order valence-corrected chi connectivity index (χ1v) is 6.49. The molecule has 0 heterocycles. The number of hydrogen-bond donors (Lipinski definition) is 1. The number of anilines is 1. The molecule has 2 nitrogen and oxygen atoms in total. The summed E-state index contributed by atoms with van der Waals surface area (Å²) in [5.41, 5.74) is 5.82. The van der Waals surface area contributed by atoms with Gasteiger partial charge in [-0.3, -0.25) is 4.21 Å². The molecule has 1 aromatic rings. The second kappa shape index (κ2) is 5.73. The summed E-state index contributed by atoms with van der Waals surface area (Å²) in [6.07, 6.45) is -5.33. The molecule has 0 amide bonds. The van der Waals surface area contributed by atoms with Crippen molar-refractivity contribution in [2.24, 2.45) is 0 Å². The topological polar surface area (TPSA) is 43.1 Å². The maximum Gasteiger partial charge on any atom is 0.389 e. The lowest BCUT2D eigenvalue weighted by Gasteiger charge is -2.07. The van der Waals surface area contributed by atoms with E-state index in [1.807, 2.05) is 0 Å². The molecule has 7 heteroatoms. The fourth-order valence-electron chi connectivity index (χ4n) is 1.24. The summed E-state index contributed by atoms with van der Waals surface area (Å²) >= 11 is 5.66. The predicted octanol–water partition coefficient (Wildman–Crippen LogP) is 3.37. The van der Waals surface area contributed by atoms with Gasteiger partial charge in [0.25, 0.3) is 0 Å². The number of alkyl halides is 3. The van der Waals surface area contributed by atoms with Crippen molar-refractivity contribution in [1.82, 2.24) is 0 Å². The molecule has 0 saturated heterocycles. The van der Waals surface area contributed by atoms with Crippen molar-refractivity contribution in [2.45, 2.75) is 23.9 Å². The van der Waals surface area contributed by atoms with Crippen molar-refractivity contribution >= 4 is 28.1 Å². The molecule has 2 N–H and O–H groups in total. The quantitative estimate of drug-likeness (QED) is 0.862. The van der Waals surface area contributed by atoms with Crippen LogP contribution in [-0.4, -0.2) is 16.1 Å². The highest BCUT2D eigenvalue weighted by atomic mass is 35.5. The molecule has 0 aromatic heterocycles. The largest absolute Gasteiger partial charge is 0.398 e. The highest BCUT2D eigenvalue weighted by molar-refractivity contribution is 7.85. The molecule has 0 radical (unpaired) electrons. The Balaban J connectivity index is 2.59. The Bertz CT molecular complexity index is 423. The molecule has 0 saturated carbocycles. The van der Waals surface area contributed by atoms with E-state index in [0.29, 0.717) is 9.92 Å².